The van der Waals surface area contributed by atoms with E-state index in [0.717, 1.165) is 29.9 Å². The average Bonchev–Trinajstić information content (AvgIpc) is 2.38. The number of alkyl halides is 2. The number of hydrogen-bond acceptors (Lipinski definition) is 2. The summed E-state index contributed by atoms with van der Waals surface area (Å²) in [5.74, 6) is 1.53. The summed E-state index contributed by atoms with van der Waals surface area (Å²) in [6.07, 6.45) is -0.538. The zero-order valence-electron chi connectivity index (χ0n) is 10.1. The van der Waals surface area contributed by atoms with Gasteiger partial charge in [-0.1, -0.05) is 24.3 Å². The Labute approximate surface area is 108 Å². The Morgan fingerprint density at radius 2 is 1.83 bits per heavy atom. The molecule has 1 heterocycles. The van der Waals surface area contributed by atoms with Crippen LogP contribution in [0.2, 0.25) is 0 Å². The Morgan fingerprint density at radius 3 is 2.39 bits per heavy atom. The molecule has 0 unspecified atom stereocenters. The van der Waals surface area contributed by atoms with Gasteiger partial charge in [0.1, 0.15) is 0 Å². The molecule has 0 radical (unpaired) electrons. The summed E-state index contributed by atoms with van der Waals surface area (Å²) in [6, 6.07) is 6.80. The molecule has 1 aromatic rings. The molecule has 0 spiro atoms. The van der Waals surface area contributed by atoms with E-state index in [0.29, 0.717) is 12.6 Å². The lowest BCUT2D eigenvalue weighted by molar-refractivity contribution is 0.151. The van der Waals surface area contributed by atoms with Crippen molar-refractivity contribution < 1.29 is 13.0 Å². The van der Waals surface area contributed by atoms with Crippen molar-refractivity contribution >= 4 is 10.8 Å². The van der Waals surface area contributed by atoms with E-state index in [2.05, 4.69) is 5.32 Å². The topological polar surface area (TPSA) is 29.1 Å². The van der Waals surface area contributed by atoms with Crippen molar-refractivity contribution in [3.05, 3.63) is 35.4 Å². The molecule has 0 atom stereocenters. The van der Waals surface area contributed by atoms with Gasteiger partial charge in [0.2, 0.25) is 0 Å². The van der Waals surface area contributed by atoms with Crippen molar-refractivity contribution in [1.82, 2.24) is 5.32 Å². The van der Waals surface area contributed by atoms with Crippen LogP contribution in [0.1, 0.15) is 30.4 Å². The number of halogens is 2. The summed E-state index contributed by atoms with van der Waals surface area (Å²) < 4.78 is 35.9. The second kappa shape index (κ2) is 6.38. The van der Waals surface area contributed by atoms with Gasteiger partial charge in [0, 0.05) is 40.5 Å². The first-order chi connectivity index (χ1) is 8.65. The Morgan fingerprint density at radius 1 is 1.22 bits per heavy atom. The van der Waals surface area contributed by atoms with E-state index >= 15 is 0 Å². The zero-order chi connectivity index (χ0) is 13.0. The largest absolute Gasteiger partial charge is 0.310 e. The van der Waals surface area contributed by atoms with Gasteiger partial charge >= 0.3 is 0 Å². The molecule has 1 fully saturated rings. The summed E-state index contributed by atoms with van der Waals surface area (Å²) >= 11 is 0. The molecular weight excluding hydrogens is 256 g/mol. The first-order valence-corrected chi connectivity index (χ1v) is 7.59. The molecule has 5 heteroatoms. The molecular formula is C13H17F2NOS. The third kappa shape index (κ3) is 3.85. The number of nitrogens with one attached hydrogen (secondary N) is 1. The third-order valence-electron chi connectivity index (χ3n) is 3.21. The first kappa shape index (κ1) is 13.6. The molecule has 1 saturated heterocycles. The maximum atomic E-state index is 12.4. The predicted molar refractivity (Wildman–Crippen MR) is 69.1 cm³/mol. The summed E-state index contributed by atoms with van der Waals surface area (Å²) in [5, 5.41) is 3.39. The van der Waals surface area contributed by atoms with Gasteiger partial charge in [-0.3, -0.25) is 4.21 Å². The molecule has 2 nitrogen and oxygen atoms in total. The van der Waals surface area contributed by atoms with Crippen molar-refractivity contribution in [2.45, 2.75) is 31.9 Å². The SMILES string of the molecule is O=S1CCC(NCc2ccc(C(F)F)cc2)CC1. The number of hydrogen-bond donors (Lipinski definition) is 1. The van der Waals surface area contributed by atoms with Gasteiger partial charge in [-0.2, -0.15) is 0 Å². The molecule has 1 N–H and O–H groups in total. The highest BCUT2D eigenvalue weighted by atomic mass is 32.2. The van der Waals surface area contributed by atoms with E-state index in [-0.39, 0.29) is 5.56 Å². The number of rotatable bonds is 4. The predicted octanol–water partition coefficient (Wildman–Crippen LogP) is 2.62. The molecule has 0 saturated carbocycles. The smallest absolute Gasteiger partial charge is 0.263 e. The average molecular weight is 273 g/mol. The molecule has 100 valence electrons. The van der Waals surface area contributed by atoms with Crippen LogP contribution in [0.15, 0.2) is 24.3 Å². The molecule has 0 aromatic heterocycles. The molecule has 1 aliphatic rings. The normalized spacial score (nSPS) is 24.4. The second-order valence-electron chi connectivity index (χ2n) is 4.55. The lowest BCUT2D eigenvalue weighted by Crippen LogP contribution is -2.35. The van der Waals surface area contributed by atoms with Gasteiger partial charge in [-0.05, 0) is 18.4 Å². The quantitative estimate of drug-likeness (QED) is 0.913. The van der Waals surface area contributed by atoms with Crippen LogP contribution in [-0.4, -0.2) is 21.8 Å². The van der Waals surface area contributed by atoms with E-state index < -0.39 is 17.2 Å². The Kier molecular flexibility index (Phi) is 4.83. The van der Waals surface area contributed by atoms with Gasteiger partial charge < -0.3 is 5.32 Å². The summed E-state index contributed by atoms with van der Waals surface area (Å²) in [6.45, 7) is 0.681. The first-order valence-electron chi connectivity index (χ1n) is 6.10. The van der Waals surface area contributed by atoms with E-state index in [4.69, 9.17) is 0 Å². The molecule has 1 aliphatic heterocycles. The highest BCUT2D eigenvalue weighted by Gasteiger charge is 2.17. The van der Waals surface area contributed by atoms with Crippen LogP contribution in [0.5, 0.6) is 0 Å². The minimum Gasteiger partial charge on any atom is -0.310 e. The van der Waals surface area contributed by atoms with Crippen LogP contribution in [-0.2, 0) is 17.3 Å². The van der Waals surface area contributed by atoms with Crippen molar-refractivity contribution in [1.29, 1.82) is 0 Å². The van der Waals surface area contributed by atoms with E-state index in [1.54, 1.807) is 12.1 Å². The van der Waals surface area contributed by atoms with Gasteiger partial charge in [-0.25, -0.2) is 8.78 Å². The van der Waals surface area contributed by atoms with Crippen LogP contribution in [0.4, 0.5) is 8.78 Å². The molecule has 0 aliphatic carbocycles. The maximum Gasteiger partial charge on any atom is 0.263 e. The molecule has 1 aromatic carbocycles. The van der Waals surface area contributed by atoms with Gasteiger partial charge in [0.25, 0.3) is 6.43 Å². The van der Waals surface area contributed by atoms with Crippen LogP contribution in [0.3, 0.4) is 0 Å². The standard InChI is InChI=1S/C13H17F2NOS/c14-13(15)11-3-1-10(2-4-11)9-16-12-5-7-18(17)8-6-12/h1-4,12-13,16H,5-9H2. The summed E-state index contributed by atoms with van der Waals surface area (Å²) in [5.41, 5.74) is 1.07. The van der Waals surface area contributed by atoms with E-state index in [1.807, 2.05) is 0 Å². The maximum absolute atomic E-state index is 12.4. The van der Waals surface area contributed by atoms with Crippen molar-refractivity contribution in [2.24, 2.45) is 0 Å². The minimum atomic E-state index is -2.40. The van der Waals surface area contributed by atoms with Crippen LogP contribution in [0, 0.1) is 0 Å². The van der Waals surface area contributed by atoms with Crippen molar-refractivity contribution in [2.75, 3.05) is 11.5 Å². The lowest BCUT2D eigenvalue weighted by atomic mass is 10.1. The monoisotopic (exact) mass is 273 g/mol. The van der Waals surface area contributed by atoms with E-state index in [9.17, 15) is 13.0 Å². The van der Waals surface area contributed by atoms with Gasteiger partial charge in [0.05, 0.1) is 0 Å². The van der Waals surface area contributed by atoms with Gasteiger partial charge in [0.15, 0.2) is 0 Å². The fraction of sp³-hybridized carbons (Fsp3) is 0.538. The Hall–Kier alpha value is -0.810. The second-order valence-corrected chi connectivity index (χ2v) is 6.24. The van der Waals surface area contributed by atoms with E-state index in [1.165, 1.54) is 12.1 Å². The molecule has 18 heavy (non-hydrogen) atoms. The van der Waals surface area contributed by atoms with Gasteiger partial charge in [-0.15, -0.1) is 0 Å². The fourth-order valence-electron chi connectivity index (χ4n) is 2.04. The zero-order valence-corrected chi connectivity index (χ0v) is 10.9. The summed E-state index contributed by atoms with van der Waals surface area (Å²) in [4.78, 5) is 0. The Bertz CT molecular complexity index is 398. The summed E-state index contributed by atoms with van der Waals surface area (Å²) in [7, 11) is -0.641. The van der Waals surface area contributed by atoms with Crippen LogP contribution in [0.25, 0.3) is 0 Å². The van der Waals surface area contributed by atoms with Crippen molar-refractivity contribution in [3.63, 3.8) is 0 Å². The third-order valence-corrected chi connectivity index (χ3v) is 4.60. The molecule has 2 rings (SSSR count). The lowest BCUT2D eigenvalue weighted by Gasteiger charge is -2.22. The molecule has 0 bridgehead atoms. The minimum absolute atomic E-state index is 0.0619. The highest BCUT2D eigenvalue weighted by Crippen LogP contribution is 2.18. The highest BCUT2D eigenvalue weighted by molar-refractivity contribution is 7.85. The van der Waals surface area contributed by atoms with Crippen LogP contribution >= 0.6 is 0 Å². The molecule has 0 amide bonds. The Balaban J connectivity index is 1.81. The van der Waals surface area contributed by atoms with Crippen LogP contribution < -0.4 is 5.32 Å². The van der Waals surface area contributed by atoms with Crippen molar-refractivity contribution in [3.8, 4) is 0 Å². The number of benzene rings is 1. The fourth-order valence-corrected chi connectivity index (χ4v) is 3.34.